The van der Waals surface area contributed by atoms with E-state index in [1.165, 1.54) is 12.8 Å². The summed E-state index contributed by atoms with van der Waals surface area (Å²) in [6, 6.07) is 6.22. The van der Waals surface area contributed by atoms with Crippen molar-refractivity contribution in [2.24, 2.45) is 11.7 Å². The van der Waals surface area contributed by atoms with E-state index in [-0.39, 0.29) is 11.6 Å². The number of fused-ring (bicyclic) bond motifs is 1. The second-order valence-corrected chi connectivity index (χ2v) is 6.10. The molecule has 16 heavy (non-hydrogen) atoms. The molecule has 1 aromatic rings. The van der Waals surface area contributed by atoms with Crippen molar-refractivity contribution in [3.8, 4) is 5.75 Å². The van der Waals surface area contributed by atoms with Crippen molar-refractivity contribution in [1.82, 2.24) is 0 Å². The van der Waals surface area contributed by atoms with Gasteiger partial charge in [0.1, 0.15) is 11.4 Å². The lowest BCUT2D eigenvalue weighted by Crippen LogP contribution is -2.42. The molecule has 3 rings (SSSR count). The average molecular weight is 282 g/mol. The highest BCUT2D eigenvalue weighted by Crippen LogP contribution is 2.50. The summed E-state index contributed by atoms with van der Waals surface area (Å²) < 4.78 is 7.24. The van der Waals surface area contributed by atoms with Gasteiger partial charge in [-0.2, -0.15) is 0 Å². The van der Waals surface area contributed by atoms with Crippen LogP contribution in [-0.2, 0) is 0 Å². The maximum atomic E-state index is 6.26. The van der Waals surface area contributed by atoms with E-state index < -0.39 is 0 Å². The van der Waals surface area contributed by atoms with E-state index in [4.69, 9.17) is 10.5 Å². The highest BCUT2D eigenvalue weighted by molar-refractivity contribution is 9.10. The third-order valence-electron chi connectivity index (χ3n) is 3.78. The maximum absolute atomic E-state index is 6.26. The molecule has 1 saturated carbocycles. The van der Waals surface area contributed by atoms with Gasteiger partial charge in [0.15, 0.2) is 0 Å². The Morgan fingerprint density at radius 1 is 1.44 bits per heavy atom. The predicted molar refractivity (Wildman–Crippen MR) is 67.4 cm³/mol. The Morgan fingerprint density at radius 3 is 2.88 bits per heavy atom. The summed E-state index contributed by atoms with van der Waals surface area (Å²) >= 11 is 3.48. The molecule has 0 bridgehead atoms. The van der Waals surface area contributed by atoms with Crippen LogP contribution in [0.4, 0.5) is 0 Å². The fourth-order valence-electron chi connectivity index (χ4n) is 2.69. The highest BCUT2D eigenvalue weighted by atomic mass is 79.9. The van der Waals surface area contributed by atoms with Crippen molar-refractivity contribution in [1.29, 1.82) is 0 Å². The first kappa shape index (κ1) is 10.6. The van der Waals surface area contributed by atoms with Crippen LogP contribution in [-0.4, -0.2) is 5.60 Å². The Bertz CT molecular complexity index is 430. The molecule has 0 aromatic heterocycles. The zero-order chi connectivity index (χ0) is 11.3. The standard InChI is InChI=1S/C13H16BrNO/c1-13(8-2-3-8)7-11(15)10-6-9(14)4-5-12(10)16-13/h4-6,8,11H,2-3,7,15H2,1H3. The van der Waals surface area contributed by atoms with E-state index >= 15 is 0 Å². The van der Waals surface area contributed by atoms with E-state index in [2.05, 4.69) is 28.9 Å². The molecule has 1 aliphatic carbocycles. The molecule has 2 atom stereocenters. The molecule has 3 heteroatoms. The second-order valence-electron chi connectivity index (χ2n) is 5.18. The molecule has 1 heterocycles. The van der Waals surface area contributed by atoms with Crippen molar-refractivity contribution < 1.29 is 4.74 Å². The largest absolute Gasteiger partial charge is 0.487 e. The van der Waals surface area contributed by atoms with Gasteiger partial charge < -0.3 is 10.5 Å². The van der Waals surface area contributed by atoms with Gasteiger partial charge in [0, 0.05) is 22.5 Å². The van der Waals surface area contributed by atoms with Gasteiger partial charge in [-0.15, -0.1) is 0 Å². The van der Waals surface area contributed by atoms with Crippen molar-refractivity contribution >= 4 is 15.9 Å². The summed E-state index contributed by atoms with van der Waals surface area (Å²) in [4.78, 5) is 0. The van der Waals surface area contributed by atoms with E-state index in [0.29, 0.717) is 5.92 Å². The lowest BCUT2D eigenvalue weighted by Gasteiger charge is -2.39. The van der Waals surface area contributed by atoms with Crippen LogP contribution < -0.4 is 10.5 Å². The van der Waals surface area contributed by atoms with E-state index in [0.717, 1.165) is 22.2 Å². The SMILES string of the molecule is CC1(C2CC2)CC(N)c2cc(Br)ccc2O1. The summed E-state index contributed by atoms with van der Waals surface area (Å²) in [7, 11) is 0. The van der Waals surface area contributed by atoms with E-state index in [1.54, 1.807) is 0 Å². The fourth-order valence-corrected chi connectivity index (χ4v) is 3.06. The molecular weight excluding hydrogens is 266 g/mol. The van der Waals surface area contributed by atoms with Gasteiger partial charge in [0.05, 0.1) is 0 Å². The summed E-state index contributed by atoms with van der Waals surface area (Å²) in [5, 5.41) is 0. The third-order valence-corrected chi connectivity index (χ3v) is 4.27. The predicted octanol–water partition coefficient (Wildman–Crippen LogP) is 3.40. The van der Waals surface area contributed by atoms with Crippen molar-refractivity contribution in [3.63, 3.8) is 0 Å². The van der Waals surface area contributed by atoms with Crippen molar-refractivity contribution in [3.05, 3.63) is 28.2 Å². The summed E-state index contributed by atoms with van der Waals surface area (Å²) in [5.74, 6) is 1.67. The number of ether oxygens (including phenoxy) is 1. The quantitative estimate of drug-likeness (QED) is 0.856. The zero-order valence-corrected chi connectivity index (χ0v) is 11.0. The summed E-state index contributed by atoms with van der Waals surface area (Å²) in [6.07, 6.45) is 3.51. The van der Waals surface area contributed by atoms with Crippen LogP contribution >= 0.6 is 15.9 Å². The van der Waals surface area contributed by atoms with Gasteiger partial charge in [-0.05, 0) is 43.9 Å². The van der Waals surface area contributed by atoms with Crippen LogP contribution in [0.15, 0.2) is 22.7 Å². The maximum Gasteiger partial charge on any atom is 0.124 e. The molecule has 1 fully saturated rings. The number of hydrogen-bond acceptors (Lipinski definition) is 2. The Balaban J connectivity index is 1.99. The molecular formula is C13H16BrNO. The molecule has 0 amide bonds. The summed E-state index contributed by atoms with van der Waals surface area (Å²) in [5.41, 5.74) is 7.35. The first-order valence-corrected chi connectivity index (χ1v) is 6.62. The number of hydrogen-bond donors (Lipinski definition) is 1. The van der Waals surface area contributed by atoms with Crippen LogP contribution in [0.3, 0.4) is 0 Å². The monoisotopic (exact) mass is 281 g/mol. The van der Waals surface area contributed by atoms with Gasteiger partial charge in [0.2, 0.25) is 0 Å². The van der Waals surface area contributed by atoms with Crippen LogP contribution in [0.25, 0.3) is 0 Å². The first-order valence-electron chi connectivity index (χ1n) is 5.82. The number of nitrogens with two attached hydrogens (primary N) is 1. The van der Waals surface area contributed by atoms with Gasteiger partial charge in [-0.25, -0.2) is 0 Å². The van der Waals surface area contributed by atoms with Crippen LogP contribution in [0.2, 0.25) is 0 Å². The van der Waals surface area contributed by atoms with Crippen LogP contribution in [0, 0.1) is 5.92 Å². The lowest BCUT2D eigenvalue weighted by molar-refractivity contribution is 0.0324. The Morgan fingerprint density at radius 2 is 2.19 bits per heavy atom. The topological polar surface area (TPSA) is 35.2 Å². The minimum absolute atomic E-state index is 0.0414. The van der Waals surface area contributed by atoms with Crippen molar-refractivity contribution in [2.45, 2.75) is 37.8 Å². The molecule has 0 spiro atoms. The number of halogens is 1. The molecule has 2 nitrogen and oxygen atoms in total. The molecule has 0 radical (unpaired) electrons. The van der Waals surface area contributed by atoms with Gasteiger partial charge in [-0.1, -0.05) is 15.9 Å². The summed E-state index contributed by atoms with van der Waals surface area (Å²) in [6.45, 7) is 2.20. The molecule has 0 saturated heterocycles. The minimum atomic E-state index is -0.0414. The van der Waals surface area contributed by atoms with Gasteiger partial charge in [0.25, 0.3) is 0 Å². The molecule has 1 aliphatic heterocycles. The highest BCUT2D eigenvalue weighted by Gasteiger charge is 2.47. The molecule has 2 aliphatic rings. The molecule has 1 aromatic carbocycles. The van der Waals surface area contributed by atoms with Crippen molar-refractivity contribution in [2.75, 3.05) is 0 Å². The fraction of sp³-hybridized carbons (Fsp3) is 0.538. The van der Waals surface area contributed by atoms with E-state index in [1.807, 2.05) is 12.1 Å². The molecule has 86 valence electrons. The number of benzene rings is 1. The minimum Gasteiger partial charge on any atom is -0.487 e. The lowest BCUT2D eigenvalue weighted by atomic mass is 9.85. The molecule has 2 unspecified atom stereocenters. The average Bonchev–Trinajstić information content (AvgIpc) is 3.03. The van der Waals surface area contributed by atoms with Gasteiger partial charge in [-0.3, -0.25) is 0 Å². The zero-order valence-electron chi connectivity index (χ0n) is 9.37. The Kier molecular flexibility index (Phi) is 2.30. The van der Waals surface area contributed by atoms with Gasteiger partial charge >= 0.3 is 0 Å². The third kappa shape index (κ3) is 1.66. The first-order chi connectivity index (χ1) is 7.58. The number of rotatable bonds is 1. The smallest absolute Gasteiger partial charge is 0.124 e. The van der Waals surface area contributed by atoms with Crippen LogP contribution in [0.1, 0.15) is 37.8 Å². The second kappa shape index (κ2) is 3.47. The Hall–Kier alpha value is -0.540. The van der Waals surface area contributed by atoms with E-state index in [9.17, 15) is 0 Å². The molecule has 2 N–H and O–H groups in total. The van der Waals surface area contributed by atoms with Crippen LogP contribution in [0.5, 0.6) is 5.75 Å². The normalized spacial score (nSPS) is 33.1. The Labute approximate surface area is 104 Å².